The fourth-order valence-corrected chi connectivity index (χ4v) is 22.2. The van der Waals surface area contributed by atoms with E-state index in [-0.39, 0.29) is 17.5 Å². The van der Waals surface area contributed by atoms with Gasteiger partial charge in [-0.25, -0.2) is 0 Å². The van der Waals surface area contributed by atoms with E-state index < -0.39 is 0 Å². The molecule has 0 saturated carbocycles. The summed E-state index contributed by atoms with van der Waals surface area (Å²) in [5.41, 5.74) is 35.1. The van der Waals surface area contributed by atoms with Crippen molar-refractivity contribution >= 4 is 165 Å². The van der Waals surface area contributed by atoms with Crippen LogP contribution in [0.15, 0.2) is 394 Å². The lowest BCUT2D eigenvalue weighted by molar-refractivity contribution is 0.590. The molecule has 4 heterocycles. The molecule has 0 aliphatic carbocycles. The Kier molecular flexibility index (Phi) is 15.2. The second-order valence-corrected chi connectivity index (χ2v) is 37.0. The van der Waals surface area contributed by atoms with Gasteiger partial charge in [-0.15, -0.1) is 0 Å². The normalized spacial score (nSPS) is 13.0. The molecule has 22 aromatic carbocycles. The van der Waals surface area contributed by atoms with Crippen LogP contribution in [-0.2, 0) is 10.8 Å². The molecule has 5 heteroatoms. The molecule has 0 radical (unpaired) electrons. The van der Waals surface area contributed by atoms with E-state index >= 15 is 0 Å². The number of benzene rings is 22. The maximum absolute atomic E-state index is 2.77. The molecular weight excluding hydrogens is 1510 g/mol. The van der Waals surface area contributed by atoms with E-state index in [1.807, 2.05) is 0 Å². The number of hydrogen-bond acceptors (Lipinski definition) is 2. The molecule has 0 unspecified atom stereocenters. The van der Waals surface area contributed by atoms with E-state index in [4.69, 9.17) is 0 Å². The minimum Gasteiger partial charge on any atom is -0.310 e. The molecule has 0 amide bonds. The van der Waals surface area contributed by atoms with E-state index in [0.717, 1.165) is 112 Å². The third-order valence-corrected chi connectivity index (χ3v) is 27.9. The van der Waals surface area contributed by atoms with Gasteiger partial charge >= 0.3 is 0 Å². The molecular formula is C120H83BN4. The van der Waals surface area contributed by atoms with Crippen molar-refractivity contribution in [3.05, 3.63) is 405 Å². The van der Waals surface area contributed by atoms with Crippen molar-refractivity contribution < 1.29 is 0 Å². The van der Waals surface area contributed by atoms with Gasteiger partial charge in [-0.05, 0) is 256 Å². The molecule has 26 rings (SSSR count). The summed E-state index contributed by atoms with van der Waals surface area (Å²) < 4.78 is 5.22. The molecule has 2 aromatic heterocycles. The molecule has 0 saturated heterocycles. The minimum atomic E-state index is -0.334. The highest BCUT2D eigenvalue weighted by Gasteiger charge is 2.47. The third kappa shape index (κ3) is 10.5. The molecule has 0 fully saturated rings. The third-order valence-electron chi connectivity index (χ3n) is 27.9. The first-order valence-corrected chi connectivity index (χ1v) is 44.1. The van der Waals surface area contributed by atoms with Gasteiger partial charge in [0.1, 0.15) is 0 Å². The van der Waals surface area contributed by atoms with Crippen molar-refractivity contribution in [1.29, 1.82) is 0 Å². The summed E-state index contributed by atoms with van der Waals surface area (Å²) in [5, 5.41) is 20.6. The summed E-state index contributed by atoms with van der Waals surface area (Å²) in [5.74, 6) is 0. The van der Waals surface area contributed by atoms with E-state index in [1.165, 1.54) is 147 Å². The minimum absolute atomic E-state index is 0.268. The Morgan fingerprint density at radius 1 is 0.208 bits per heavy atom. The predicted molar refractivity (Wildman–Crippen MR) is 534 cm³/mol. The van der Waals surface area contributed by atoms with Gasteiger partial charge in [0.15, 0.2) is 0 Å². The monoisotopic (exact) mass is 1590 g/mol. The number of nitrogens with zero attached hydrogens (tertiary/aromatic N) is 4. The van der Waals surface area contributed by atoms with Gasteiger partial charge in [0.25, 0.3) is 6.71 Å². The van der Waals surface area contributed by atoms with Crippen molar-refractivity contribution in [3.63, 3.8) is 0 Å². The maximum atomic E-state index is 2.77. The largest absolute Gasteiger partial charge is 0.310 e. The fraction of sp³-hybridized carbons (Fsp3) is 0.0667. The van der Waals surface area contributed by atoms with Crippen LogP contribution in [0.5, 0.6) is 0 Å². The van der Waals surface area contributed by atoms with Crippen molar-refractivity contribution in [2.45, 2.75) is 52.4 Å². The number of hydrogen-bond donors (Lipinski definition) is 0. The van der Waals surface area contributed by atoms with Crippen LogP contribution in [0, 0.1) is 0 Å². The molecule has 125 heavy (non-hydrogen) atoms. The Hall–Kier alpha value is -15.3. The van der Waals surface area contributed by atoms with E-state index in [0.29, 0.717) is 0 Å². The zero-order chi connectivity index (χ0) is 83.0. The Morgan fingerprint density at radius 3 is 0.824 bits per heavy atom. The highest BCUT2D eigenvalue weighted by atomic mass is 15.2. The lowest BCUT2D eigenvalue weighted by Gasteiger charge is -2.46. The standard InChI is InChI=1S/C120H83BN4/c1-119(2,3)86-66-94(75-34-18-10-19-35-75)117(96(68-86)83-44-22-42-81(62-83)72-28-12-7-13-29-72)124-104-70-88(122-100-58-50-77-38-24-46-90-91-47-25-39-78-51-59-101(122)113(109(78)91)112(100)108(77)90)54-56-98(104)121-99-57-55-89(123-102-60-52-79-40-26-48-92-93-49-27-41-80-53-61-103(123)115(111(80)93)114(102)110(79)92)71-105(99)125(107-65-85(64-106(124)116(107)121)74-32-16-9-17-33-74)118-95(76-36-20-11-21-37-76)67-87(120(4,5)6)69-97(118)84-45-23-43-82(63-84)73-30-14-8-15-31-73/h7-71H,1-6H3. The van der Waals surface area contributed by atoms with E-state index in [2.05, 4.69) is 455 Å². The smallest absolute Gasteiger partial charge is 0.252 e. The summed E-state index contributed by atoms with van der Waals surface area (Å²) in [6, 6.07) is 152. The highest BCUT2D eigenvalue weighted by Crippen LogP contribution is 2.58. The quantitative estimate of drug-likeness (QED) is 0.0729. The number of anilines is 6. The molecule has 4 nitrogen and oxygen atoms in total. The number of rotatable bonds is 11. The Morgan fingerprint density at radius 2 is 0.496 bits per heavy atom. The SMILES string of the molecule is CC(C)(C)c1cc(-c2ccccc2)c(N2c3cc(-n4c5ccc6cccc7c8cccc9ccc4c(c98)c5c67)ccc3B3c4ccc(-n5c6ccc7cccc8c9cccc%10ccc5c(c%109)c6c78)cc4N(c4c(-c5ccccc5)cc(C(C)(C)C)cc4-c4cccc(-c5ccccc5)c4)c4cc(-c5ccccc5)cc2c43)c(-c2cccc(-c3ccccc3)c2)c1. The highest BCUT2D eigenvalue weighted by molar-refractivity contribution is 7.00. The fourth-order valence-electron chi connectivity index (χ4n) is 22.2. The summed E-state index contributed by atoms with van der Waals surface area (Å²) in [6.07, 6.45) is 0. The van der Waals surface area contributed by atoms with Crippen molar-refractivity contribution in [2.75, 3.05) is 9.80 Å². The molecule has 586 valence electrons. The average Bonchev–Trinajstić information content (AvgIpc) is 1.60. The lowest BCUT2D eigenvalue weighted by atomic mass is 9.33. The second kappa shape index (κ2) is 26.6. The topological polar surface area (TPSA) is 16.3 Å². The van der Waals surface area contributed by atoms with Crippen LogP contribution in [0.4, 0.5) is 34.1 Å². The van der Waals surface area contributed by atoms with Crippen LogP contribution in [-0.4, -0.2) is 15.8 Å². The summed E-state index contributed by atoms with van der Waals surface area (Å²) in [6.45, 7) is 13.9. The Labute approximate surface area is 726 Å². The van der Waals surface area contributed by atoms with Gasteiger partial charge in [0, 0.05) is 77.9 Å². The Bertz CT molecular complexity index is 7860. The molecule has 2 aliphatic heterocycles. The maximum Gasteiger partial charge on any atom is 0.252 e. The Balaban J connectivity index is 0.846. The summed E-state index contributed by atoms with van der Waals surface area (Å²) in [7, 11) is 0. The first-order chi connectivity index (χ1) is 61.3. The zero-order valence-corrected chi connectivity index (χ0v) is 70.4. The van der Waals surface area contributed by atoms with Crippen LogP contribution >= 0.6 is 0 Å². The molecule has 0 N–H and O–H groups in total. The summed E-state index contributed by atoms with van der Waals surface area (Å²) in [4.78, 5) is 5.54. The summed E-state index contributed by atoms with van der Waals surface area (Å²) >= 11 is 0. The average molecular weight is 1590 g/mol. The second-order valence-electron chi connectivity index (χ2n) is 37.0. The van der Waals surface area contributed by atoms with Gasteiger partial charge in [-0.1, -0.05) is 339 Å². The van der Waals surface area contributed by atoms with Gasteiger partial charge in [0.05, 0.1) is 33.4 Å². The predicted octanol–water partition coefficient (Wildman–Crippen LogP) is 30.9. The zero-order valence-electron chi connectivity index (χ0n) is 70.4. The van der Waals surface area contributed by atoms with Crippen LogP contribution in [0.3, 0.4) is 0 Å². The number of aromatic nitrogens is 2. The van der Waals surface area contributed by atoms with Crippen LogP contribution in [0.1, 0.15) is 52.7 Å². The number of fused-ring (bicyclic) bond motifs is 6. The molecule has 0 bridgehead atoms. The molecule has 0 spiro atoms. The first-order valence-electron chi connectivity index (χ1n) is 44.1. The molecule has 2 aliphatic rings. The van der Waals surface area contributed by atoms with Gasteiger partial charge in [-0.2, -0.15) is 0 Å². The van der Waals surface area contributed by atoms with Gasteiger partial charge in [-0.3, -0.25) is 0 Å². The van der Waals surface area contributed by atoms with Crippen molar-refractivity contribution in [2.24, 2.45) is 0 Å². The van der Waals surface area contributed by atoms with Crippen LogP contribution < -0.4 is 26.2 Å². The molecule has 0 atom stereocenters. The molecule has 24 aromatic rings. The van der Waals surface area contributed by atoms with Crippen LogP contribution in [0.2, 0.25) is 0 Å². The van der Waals surface area contributed by atoms with Crippen LogP contribution in [0.25, 0.3) is 198 Å². The van der Waals surface area contributed by atoms with Crippen molar-refractivity contribution in [3.8, 4) is 89.3 Å². The van der Waals surface area contributed by atoms with Gasteiger partial charge < -0.3 is 18.9 Å². The van der Waals surface area contributed by atoms with Gasteiger partial charge in [0.2, 0.25) is 0 Å². The first kappa shape index (κ1) is 71.4. The van der Waals surface area contributed by atoms with E-state index in [1.54, 1.807) is 0 Å². The van der Waals surface area contributed by atoms with Crippen molar-refractivity contribution in [1.82, 2.24) is 9.13 Å². The van der Waals surface area contributed by atoms with E-state index in [9.17, 15) is 0 Å². The lowest BCUT2D eigenvalue weighted by Crippen LogP contribution is -2.61.